The fraction of sp³-hybridized carbons (Fsp3) is 0.364. The summed E-state index contributed by atoms with van der Waals surface area (Å²) in [5.74, 6) is 0.129. The third kappa shape index (κ3) is 6.44. The summed E-state index contributed by atoms with van der Waals surface area (Å²) >= 11 is 0. The molecule has 2 amide bonds. The second-order valence-electron chi connectivity index (χ2n) is 6.67. The van der Waals surface area contributed by atoms with Crippen molar-refractivity contribution in [1.29, 1.82) is 0 Å². The number of hydrogen-bond acceptors (Lipinski definition) is 3. The molecule has 0 aliphatic carbocycles. The first-order valence-electron chi connectivity index (χ1n) is 9.33. The standard InChI is InChI=1S/C22H28N2O3/c1-4-16(2)21(22(26)23-17(3)18-11-7-5-8-12-18)24-20(25)15-27-19-13-9-6-10-14-19/h5-14,16-17,21H,4,15H2,1-3H3,(H,23,26)(H,24,25). The van der Waals surface area contributed by atoms with Gasteiger partial charge < -0.3 is 15.4 Å². The lowest BCUT2D eigenvalue weighted by molar-refractivity contribution is -0.131. The number of para-hydroxylation sites is 1. The molecule has 2 aromatic carbocycles. The summed E-state index contributed by atoms with van der Waals surface area (Å²) in [7, 11) is 0. The first-order chi connectivity index (χ1) is 13.0. The molecule has 144 valence electrons. The average Bonchev–Trinajstić information content (AvgIpc) is 2.71. The highest BCUT2D eigenvalue weighted by atomic mass is 16.5. The molecule has 0 aromatic heterocycles. The van der Waals surface area contributed by atoms with Crippen molar-refractivity contribution in [1.82, 2.24) is 10.6 Å². The summed E-state index contributed by atoms with van der Waals surface area (Å²) in [6, 6.07) is 18.1. The number of amides is 2. The monoisotopic (exact) mass is 368 g/mol. The fourth-order valence-electron chi connectivity index (χ4n) is 2.71. The van der Waals surface area contributed by atoms with Gasteiger partial charge in [0.25, 0.3) is 5.91 Å². The Labute approximate surface area is 161 Å². The molecule has 2 aromatic rings. The van der Waals surface area contributed by atoms with Gasteiger partial charge in [-0.1, -0.05) is 68.8 Å². The highest BCUT2D eigenvalue weighted by molar-refractivity contribution is 5.88. The predicted octanol–water partition coefficient (Wildman–Crippen LogP) is 3.47. The van der Waals surface area contributed by atoms with Crippen LogP contribution in [0.25, 0.3) is 0 Å². The third-order valence-electron chi connectivity index (χ3n) is 4.58. The third-order valence-corrected chi connectivity index (χ3v) is 4.58. The molecule has 5 heteroatoms. The highest BCUT2D eigenvalue weighted by Gasteiger charge is 2.27. The van der Waals surface area contributed by atoms with Crippen molar-refractivity contribution in [3.63, 3.8) is 0 Å². The van der Waals surface area contributed by atoms with E-state index in [1.807, 2.05) is 69.3 Å². The predicted molar refractivity (Wildman–Crippen MR) is 106 cm³/mol. The quantitative estimate of drug-likeness (QED) is 0.712. The van der Waals surface area contributed by atoms with Crippen LogP contribution in [0.3, 0.4) is 0 Å². The second-order valence-corrected chi connectivity index (χ2v) is 6.67. The van der Waals surface area contributed by atoms with Gasteiger partial charge in [0.1, 0.15) is 11.8 Å². The number of hydrogen-bond donors (Lipinski definition) is 2. The van der Waals surface area contributed by atoms with Crippen molar-refractivity contribution in [2.45, 2.75) is 39.3 Å². The van der Waals surface area contributed by atoms with Crippen molar-refractivity contribution >= 4 is 11.8 Å². The molecule has 3 atom stereocenters. The zero-order valence-corrected chi connectivity index (χ0v) is 16.1. The molecule has 27 heavy (non-hydrogen) atoms. The molecule has 0 radical (unpaired) electrons. The van der Waals surface area contributed by atoms with E-state index in [0.717, 1.165) is 12.0 Å². The molecule has 0 fully saturated rings. The highest BCUT2D eigenvalue weighted by Crippen LogP contribution is 2.14. The Hall–Kier alpha value is -2.82. The Morgan fingerprint density at radius 1 is 0.926 bits per heavy atom. The van der Waals surface area contributed by atoms with Crippen LogP contribution in [-0.2, 0) is 9.59 Å². The molecule has 0 saturated heterocycles. The minimum atomic E-state index is -0.604. The maximum absolute atomic E-state index is 12.8. The molecule has 2 N–H and O–H groups in total. The Bertz CT molecular complexity index is 719. The minimum absolute atomic E-state index is 0.00801. The van der Waals surface area contributed by atoms with Crippen molar-refractivity contribution in [2.24, 2.45) is 5.92 Å². The van der Waals surface area contributed by atoms with Gasteiger partial charge >= 0.3 is 0 Å². The van der Waals surface area contributed by atoms with Gasteiger partial charge in [-0.3, -0.25) is 9.59 Å². The fourth-order valence-corrected chi connectivity index (χ4v) is 2.71. The molecule has 0 saturated carbocycles. The summed E-state index contributed by atoms with van der Waals surface area (Å²) in [5, 5.41) is 5.81. The van der Waals surface area contributed by atoms with Crippen molar-refractivity contribution in [3.05, 3.63) is 66.2 Å². The molecular weight excluding hydrogens is 340 g/mol. The Balaban J connectivity index is 1.95. The minimum Gasteiger partial charge on any atom is -0.484 e. The van der Waals surface area contributed by atoms with E-state index in [-0.39, 0.29) is 30.4 Å². The second kappa shape index (κ2) is 10.4. The molecule has 5 nitrogen and oxygen atoms in total. The Morgan fingerprint density at radius 3 is 2.11 bits per heavy atom. The zero-order valence-electron chi connectivity index (χ0n) is 16.1. The van der Waals surface area contributed by atoms with Crippen LogP contribution in [0.5, 0.6) is 5.75 Å². The normalized spacial score (nSPS) is 13.9. The Kier molecular flexibility index (Phi) is 7.86. The van der Waals surface area contributed by atoms with E-state index < -0.39 is 6.04 Å². The van der Waals surface area contributed by atoms with Crippen molar-refractivity contribution < 1.29 is 14.3 Å². The summed E-state index contributed by atoms with van der Waals surface area (Å²) in [6.45, 7) is 5.76. The van der Waals surface area contributed by atoms with E-state index in [0.29, 0.717) is 5.75 Å². The van der Waals surface area contributed by atoms with E-state index in [2.05, 4.69) is 10.6 Å². The first kappa shape index (κ1) is 20.5. The van der Waals surface area contributed by atoms with Gasteiger partial charge in [-0.05, 0) is 30.5 Å². The van der Waals surface area contributed by atoms with E-state index in [1.54, 1.807) is 12.1 Å². The summed E-state index contributed by atoms with van der Waals surface area (Å²) in [6.07, 6.45) is 0.775. The maximum Gasteiger partial charge on any atom is 0.258 e. The topological polar surface area (TPSA) is 67.4 Å². The molecule has 0 bridgehead atoms. The van der Waals surface area contributed by atoms with Crippen LogP contribution < -0.4 is 15.4 Å². The smallest absolute Gasteiger partial charge is 0.258 e. The number of ether oxygens (including phenoxy) is 1. The number of carbonyl (C=O) groups excluding carboxylic acids is 2. The van der Waals surface area contributed by atoms with E-state index in [4.69, 9.17) is 4.74 Å². The number of benzene rings is 2. The van der Waals surface area contributed by atoms with Gasteiger partial charge in [0.2, 0.25) is 5.91 Å². The van der Waals surface area contributed by atoms with E-state index >= 15 is 0 Å². The molecule has 0 heterocycles. The van der Waals surface area contributed by atoms with Gasteiger partial charge in [0, 0.05) is 0 Å². The number of carbonyl (C=O) groups is 2. The Morgan fingerprint density at radius 2 is 1.52 bits per heavy atom. The van der Waals surface area contributed by atoms with Crippen LogP contribution in [0.15, 0.2) is 60.7 Å². The number of rotatable bonds is 9. The van der Waals surface area contributed by atoms with Gasteiger partial charge in [-0.15, -0.1) is 0 Å². The first-order valence-corrected chi connectivity index (χ1v) is 9.33. The van der Waals surface area contributed by atoms with E-state index in [1.165, 1.54) is 0 Å². The molecule has 2 rings (SSSR count). The van der Waals surface area contributed by atoms with Gasteiger partial charge in [0.05, 0.1) is 6.04 Å². The largest absolute Gasteiger partial charge is 0.484 e. The lowest BCUT2D eigenvalue weighted by Gasteiger charge is -2.25. The molecule has 0 spiro atoms. The van der Waals surface area contributed by atoms with Gasteiger partial charge in [-0.2, -0.15) is 0 Å². The maximum atomic E-state index is 12.8. The van der Waals surface area contributed by atoms with Crippen LogP contribution in [-0.4, -0.2) is 24.5 Å². The molecule has 3 unspecified atom stereocenters. The zero-order chi connectivity index (χ0) is 19.6. The van der Waals surface area contributed by atoms with E-state index in [9.17, 15) is 9.59 Å². The molecule has 0 aliphatic heterocycles. The average molecular weight is 368 g/mol. The van der Waals surface area contributed by atoms with Crippen molar-refractivity contribution in [3.8, 4) is 5.75 Å². The number of nitrogens with one attached hydrogen (secondary N) is 2. The van der Waals surface area contributed by atoms with Gasteiger partial charge in [0.15, 0.2) is 6.61 Å². The summed E-state index contributed by atoms with van der Waals surface area (Å²) in [5.41, 5.74) is 1.02. The molecular formula is C22H28N2O3. The van der Waals surface area contributed by atoms with Crippen LogP contribution in [0, 0.1) is 5.92 Å². The van der Waals surface area contributed by atoms with Crippen LogP contribution in [0.2, 0.25) is 0 Å². The summed E-state index contributed by atoms with van der Waals surface area (Å²) in [4.78, 5) is 25.1. The van der Waals surface area contributed by atoms with Crippen LogP contribution in [0.4, 0.5) is 0 Å². The summed E-state index contributed by atoms with van der Waals surface area (Å²) < 4.78 is 5.47. The van der Waals surface area contributed by atoms with Crippen LogP contribution in [0.1, 0.15) is 38.8 Å². The van der Waals surface area contributed by atoms with Crippen molar-refractivity contribution in [2.75, 3.05) is 6.61 Å². The lowest BCUT2D eigenvalue weighted by Crippen LogP contribution is -2.51. The SMILES string of the molecule is CCC(C)C(NC(=O)COc1ccccc1)C(=O)NC(C)c1ccccc1. The van der Waals surface area contributed by atoms with Gasteiger partial charge in [-0.25, -0.2) is 0 Å². The van der Waals surface area contributed by atoms with Crippen LogP contribution >= 0.6 is 0 Å². The molecule has 0 aliphatic rings. The lowest BCUT2D eigenvalue weighted by atomic mass is 9.97.